The molecule has 2 saturated heterocycles. The first kappa shape index (κ1) is 26.7. The number of aliphatic hydroxyl groups is 1. The number of hydrogen-bond acceptors (Lipinski definition) is 5. The van der Waals surface area contributed by atoms with Crippen LogP contribution in [-0.2, 0) is 19.0 Å². The molecule has 0 aromatic carbocycles. The number of epoxide rings is 1. The number of aliphatic hydroxyl groups excluding tert-OH is 1. The Morgan fingerprint density at radius 3 is 2.59 bits per heavy atom. The van der Waals surface area contributed by atoms with Gasteiger partial charge in [0, 0.05) is 24.5 Å². The fourth-order valence-electron chi connectivity index (χ4n) is 4.57. The summed E-state index contributed by atoms with van der Waals surface area (Å²) in [4.78, 5) is 12.3. The molecular formula is C28H43NO5. The molecule has 2 aliphatic heterocycles. The van der Waals surface area contributed by atoms with Gasteiger partial charge in [0.05, 0.1) is 19.0 Å². The molecule has 3 fully saturated rings. The van der Waals surface area contributed by atoms with Crippen molar-refractivity contribution in [2.45, 2.75) is 96.2 Å². The molecule has 4 atom stereocenters. The van der Waals surface area contributed by atoms with Crippen molar-refractivity contribution in [3.63, 3.8) is 0 Å². The number of allylic oxidation sites excluding steroid dienone is 4. The molecule has 0 aromatic rings. The molecule has 0 radical (unpaired) electrons. The molecule has 190 valence electrons. The topological polar surface area (TPSA) is 80.3 Å². The summed E-state index contributed by atoms with van der Waals surface area (Å²) < 4.78 is 16.9. The maximum absolute atomic E-state index is 12.3. The van der Waals surface area contributed by atoms with Gasteiger partial charge in [-0.05, 0) is 57.9 Å². The van der Waals surface area contributed by atoms with Gasteiger partial charge in [-0.1, -0.05) is 44.2 Å². The van der Waals surface area contributed by atoms with Crippen molar-refractivity contribution in [3.8, 4) is 0 Å². The van der Waals surface area contributed by atoms with Crippen molar-refractivity contribution in [2.24, 2.45) is 11.8 Å². The van der Waals surface area contributed by atoms with Gasteiger partial charge in [-0.25, -0.2) is 0 Å². The van der Waals surface area contributed by atoms with E-state index in [1.54, 1.807) is 12.2 Å². The first-order valence-corrected chi connectivity index (χ1v) is 12.8. The van der Waals surface area contributed by atoms with Crippen LogP contribution in [0.1, 0.15) is 66.2 Å². The molecule has 1 aliphatic carbocycles. The predicted molar refractivity (Wildman–Crippen MR) is 134 cm³/mol. The van der Waals surface area contributed by atoms with Gasteiger partial charge in [0.15, 0.2) is 0 Å². The molecule has 0 unspecified atom stereocenters. The molecule has 34 heavy (non-hydrogen) atoms. The highest BCUT2D eigenvalue weighted by Gasteiger charge is 2.55. The highest BCUT2D eigenvalue weighted by molar-refractivity contribution is 5.87. The first-order chi connectivity index (χ1) is 16.2. The Bertz CT molecular complexity index is 787. The molecular weight excluding hydrogens is 430 g/mol. The van der Waals surface area contributed by atoms with Crippen molar-refractivity contribution in [1.82, 2.24) is 5.32 Å². The summed E-state index contributed by atoms with van der Waals surface area (Å²) in [5.41, 5.74) is 0.827. The van der Waals surface area contributed by atoms with Crippen LogP contribution in [0, 0.1) is 11.8 Å². The Morgan fingerprint density at radius 1 is 1.24 bits per heavy atom. The summed E-state index contributed by atoms with van der Waals surface area (Å²) in [7, 11) is 0. The smallest absolute Gasteiger partial charge is 0.244 e. The zero-order chi connectivity index (χ0) is 24.7. The maximum atomic E-state index is 12.3. The Kier molecular flexibility index (Phi) is 9.57. The van der Waals surface area contributed by atoms with Crippen molar-refractivity contribution in [3.05, 3.63) is 48.3 Å². The average molecular weight is 474 g/mol. The minimum atomic E-state index is -0.583. The second kappa shape index (κ2) is 12.2. The van der Waals surface area contributed by atoms with E-state index in [9.17, 15) is 9.90 Å². The molecule has 6 nitrogen and oxygen atoms in total. The van der Waals surface area contributed by atoms with Crippen molar-refractivity contribution in [1.29, 1.82) is 0 Å². The van der Waals surface area contributed by atoms with Crippen molar-refractivity contribution >= 4 is 5.91 Å². The Hall–Kier alpha value is -1.89. The quantitative estimate of drug-likeness (QED) is 0.210. The van der Waals surface area contributed by atoms with Crippen LogP contribution in [0.15, 0.2) is 48.3 Å². The number of carbonyl (C=O) groups excluding carboxylic acids is 1. The van der Waals surface area contributed by atoms with Gasteiger partial charge in [-0.3, -0.25) is 4.79 Å². The highest BCUT2D eigenvalue weighted by Crippen LogP contribution is 2.40. The van der Waals surface area contributed by atoms with Crippen LogP contribution in [-0.4, -0.2) is 54.2 Å². The largest absolute Gasteiger partial charge is 0.491 e. The third-order valence-corrected chi connectivity index (χ3v) is 7.22. The van der Waals surface area contributed by atoms with Crippen LogP contribution >= 0.6 is 0 Å². The summed E-state index contributed by atoms with van der Waals surface area (Å²) >= 11 is 0. The first-order valence-electron chi connectivity index (χ1n) is 12.8. The average Bonchev–Trinajstić information content (AvgIpc) is 3.58. The second-order valence-electron chi connectivity index (χ2n) is 10.5. The fraction of sp³-hybridized carbons (Fsp3) is 0.679. The van der Waals surface area contributed by atoms with Gasteiger partial charge in [-0.15, -0.1) is 0 Å². The standard InChI is InChI=1S/C28H43NO5/c1-19(2)22(5)34-21(4)8-15-26(30)29-24-12-10-23(11-13-24)9-6-20(3)7-14-25-27(31)28(18-33-28)16-17-32-25/h6-8,14-15,19,21,23-25,27,31H,5,9-13,16-18H2,1-4H3,(H,29,30)/b14-7+,15-8-,20-6+/t21-,23-,24+,25+,27+,28+/m0/s1. The van der Waals surface area contributed by atoms with Crippen molar-refractivity contribution < 1.29 is 24.1 Å². The van der Waals surface area contributed by atoms with Crippen LogP contribution in [0.5, 0.6) is 0 Å². The van der Waals surface area contributed by atoms with Crippen LogP contribution in [0.3, 0.4) is 0 Å². The van der Waals surface area contributed by atoms with E-state index >= 15 is 0 Å². The minimum Gasteiger partial charge on any atom is -0.491 e. The Labute approximate surface area is 205 Å². The zero-order valence-corrected chi connectivity index (χ0v) is 21.3. The normalized spacial score (nSPS) is 32.9. The second-order valence-corrected chi connectivity index (χ2v) is 10.5. The lowest BCUT2D eigenvalue weighted by molar-refractivity contribution is -0.117. The predicted octanol–water partition coefficient (Wildman–Crippen LogP) is 4.60. The molecule has 0 bridgehead atoms. The van der Waals surface area contributed by atoms with E-state index in [1.807, 2.05) is 26.8 Å². The number of carbonyl (C=O) groups is 1. The van der Waals surface area contributed by atoms with E-state index in [1.165, 1.54) is 5.57 Å². The van der Waals surface area contributed by atoms with Gasteiger partial charge in [-0.2, -0.15) is 0 Å². The summed E-state index contributed by atoms with van der Waals surface area (Å²) in [5, 5.41) is 13.6. The van der Waals surface area contributed by atoms with Crippen molar-refractivity contribution in [2.75, 3.05) is 13.2 Å². The summed E-state index contributed by atoms with van der Waals surface area (Å²) in [5.74, 6) is 1.58. The van der Waals surface area contributed by atoms with E-state index in [2.05, 4.69) is 31.0 Å². The number of nitrogens with one attached hydrogen (secondary N) is 1. The fourth-order valence-corrected chi connectivity index (χ4v) is 4.57. The van der Waals surface area contributed by atoms with Crippen LogP contribution in [0.2, 0.25) is 0 Å². The summed E-state index contributed by atoms with van der Waals surface area (Å²) in [6, 6.07) is 0.238. The molecule has 2 heterocycles. The Balaban J connectivity index is 1.34. The van der Waals surface area contributed by atoms with Gasteiger partial charge >= 0.3 is 0 Å². The maximum Gasteiger partial charge on any atom is 0.244 e. The zero-order valence-electron chi connectivity index (χ0n) is 21.3. The van der Waals surface area contributed by atoms with E-state index in [-0.39, 0.29) is 35.7 Å². The van der Waals surface area contributed by atoms with E-state index in [0.29, 0.717) is 19.1 Å². The molecule has 1 amide bonds. The minimum absolute atomic E-state index is 0.0552. The monoisotopic (exact) mass is 473 g/mol. The van der Waals surface area contributed by atoms with Crippen LogP contribution < -0.4 is 5.32 Å². The SMILES string of the molecule is C=C(O[C@@H](C)/C=C\C(=O)N[C@H]1CC[C@@H](C/C=C(C)/C=C/[C@H]2OCC[C@@]3(CO3)[C@@H]2O)CC1)C(C)C. The number of ether oxygens (including phenoxy) is 3. The third-order valence-electron chi connectivity index (χ3n) is 7.22. The Morgan fingerprint density at radius 2 is 1.94 bits per heavy atom. The molecule has 6 heteroatoms. The van der Waals surface area contributed by atoms with E-state index in [0.717, 1.165) is 44.3 Å². The lowest BCUT2D eigenvalue weighted by Gasteiger charge is -2.31. The van der Waals surface area contributed by atoms with E-state index < -0.39 is 6.10 Å². The lowest BCUT2D eigenvalue weighted by Crippen LogP contribution is -2.46. The molecule has 0 aromatic heterocycles. The van der Waals surface area contributed by atoms with Gasteiger partial charge in [0.1, 0.15) is 23.9 Å². The molecule has 1 spiro atoms. The van der Waals surface area contributed by atoms with Gasteiger partial charge in [0.25, 0.3) is 0 Å². The van der Waals surface area contributed by atoms with Gasteiger partial charge < -0.3 is 24.6 Å². The van der Waals surface area contributed by atoms with Crippen LogP contribution in [0.4, 0.5) is 0 Å². The molecule has 3 aliphatic rings. The molecule has 1 saturated carbocycles. The van der Waals surface area contributed by atoms with E-state index in [4.69, 9.17) is 14.2 Å². The number of rotatable bonds is 10. The van der Waals surface area contributed by atoms with Gasteiger partial charge in [0.2, 0.25) is 5.91 Å². The van der Waals surface area contributed by atoms with Crippen LogP contribution in [0.25, 0.3) is 0 Å². The lowest BCUT2D eigenvalue weighted by atomic mass is 9.83. The number of hydrogen-bond donors (Lipinski definition) is 2. The molecule has 2 N–H and O–H groups in total. The third kappa shape index (κ3) is 7.82. The summed E-state index contributed by atoms with van der Waals surface area (Å²) in [6.07, 6.45) is 14.6. The number of amides is 1. The molecule has 3 rings (SSSR count). The highest BCUT2D eigenvalue weighted by atomic mass is 16.6. The summed E-state index contributed by atoms with van der Waals surface area (Å²) in [6.45, 7) is 13.2.